The zero-order valence-corrected chi connectivity index (χ0v) is 14.3. The van der Waals surface area contributed by atoms with Gasteiger partial charge in [0.2, 0.25) is 0 Å². The highest BCUT2D eigenvalue weighted by Crippen LogP contribution is 2.48. The molecule has 122 valence electrons. The molecule has 3 rings (SSSR count). The van der Waals surface area contributed by atoms with Crippen LogP contribution >= 0.6 is 0 Å². The van der Waals surface area contributed by atoms with Gasteiger partial charge in [0, 0.05) is 25.7 Å². The Labute approximate surface area is 130 Å². The molecule has 0 aromatic rings. The second-order valence-electron chi connectivity index (χ2n) is 8.42. The number of fused-ring (bicyclic) bond motifs is 1. The van der Waals surface area contributed by atoms with Crippen molar-refractivity contribution in [1.29, 1.82) is 0 Å². The highest BCUT2D eigenvalue weighted by molar-refractivity contribution is 5.14. The van der Waals surface area contributed by atoms with Crippen molar-refractivity contribution in [2.75, 3.05) is 32.7 Å². The van der Waals surface area contributed by atoms with E-state index in [2.05, 4.69) is 37.5 Å². The van der Waals surface area contributed by atoms with Crippen LogP contribution in [-0.4, -0.2) is 65.3 Å². The SMILES string of the molecule is CC1(C)CC(CN)(N2CCCN3CCCC3C2)C(C)(C)O1. The van der Waals surface area contributed by atoms with E-state index >= 15 is 0 Å². The molecule has 3 aliphatic heterocycles. The van der Waals surface area contributed by atoms with Gasteiger partial charge in [-0.3, -0.25) is 9.80 Å². The average Bonchev–Trinajstić information content (AvgIpc) is 2.81. The van der Waals surface area contributed by atoms with Gasteiger partial charge in [-0.15, -0.1) is 0 Å². The zero-order chi connectivity index (χ0) is 15.3. The van der Waals surface area contributed by atoms with Gasteiger partial charge in [-0.05, 0) is 66.5 Å². The van der Waals surface area contributed by atoms with Crippen molar-refractivity contribution in [3.8, 4) is 0 Å². The van der Waals surface area contributed by atoms with Crippen LogP contribution in [0, 0.1) is 0 Å². The van der Waals surface area contributed by atoms with Gasteiger partial charge >= 0.3 is 0 Å². The summed E-state index contributed by atoms with van der Waals surface area (Å²) < 4.78 is 6.41. The molecule has 0 aromatic heterocycles. The lowest BCUT2D eigenvalue weighted by atomic mass is 9.77. The predicted molar refractivity (Wildman–Crippen MR) is 86.4 cm³/mol. The maximum absolute atomic E-state index is 6.41. The Bertz CT molecular complexity index is 395. The van der Waals surface area contributed by atoms with E-state index in [1.165, 1.54) is 38.9 Å². The van der Waals surface area contributed by atoms with E-state index in [0.29, 0.717) is 6.54 Å². The Morgan fingerprint density at radius 1 is 1.10 bits per heavy atom. The average molecular weight is 295 g/mol. The molecule has 0 radical (unpaired) electrons. The maximum Gasteiger partial charge on any atom is 0.0830 e. The molecule has 0 spiro atoms. The number of hydrogen-bond acceptors (Lipinski definition) is 4. The number of rotatable bonds is 2. The van der Waals surface area contributed by atoms with Crippen molar-refractivity contribution in [1.82, 2.24) is 9.80 Å². The van der Waals surface area contributed by atoms with Gasteiger partial charge in [0.25, 0.3) is 0 Å². The van der Waals surface area contributed by atoms with Crippen LogP contribution in [0.3, 0.4) is 0 Å². The van der Waals surface area contributed by atoms with E-state index in [0.717, 1.165) is 19.0 Å². The van der Waals surface area contributed by atoms with E-state index in [-0.39, 0.29) is 16.7 Å². The van der Waals surface area contributed by atoms with Crippen LogP contribution < -0.4 is 5.73 Å². The van der Waals surface area contributed by atoms with Gasteiger partial charge in [-0.2, -0.15) is 0 Å². The largest absolute Gasteiger partial charge is 0.368 e. The molecule has 0 amide bonds. The molecule has 2 N–H and O–H groups in total. The number of nitrogens with zero attached hydrogens (tertiary/aromatic N) is 2. The highest BCUT2D eigenvalue weighted by Gasteiger charge is 2.59. The lowest BCUT2D eigenvalue weighted by Crippen LogP contribution is -2.64. The van der Waals surface area contributed by atoms with Crippen LogP contribution in [0.4, 0.5) is 0 Å². The summed E-state index contributed by atoms with van der Waals surface area (Å²) in [5.41, 5.74) is 6.07. The molecule has 3 fully saturated rings. The monoisotopic (exact) mass is 295 g/mol. The van der Waals surface area contributed by atoms with Crippen LogP contribution in [0.5, 0.6) is 0 Å². The third-order valence-electron chi connectivity index (χ3n) is 6.12. The molecule has 4 heteroatoms. The van der Waals surface area contributed by atoms with Crippen LogP contribution in [0.2, 0.25) is 0 Å². The third kappa shape index (κ3) is 2.54. The molecular weight excluding hydrogens is 262 g/mol. The van der Waals surface area contributed by atoms with Gasteiger partial charge in [0.1, 0.15) is 0 Å². The minimum absolute atomic E-state index is 0.0188. The van der Waals surface area contributed by atoms with Crippen LogP contribution in [0.15, 0.2) is 0 Å². The third-order valence-corrected chi connectivity index (χ3v) is 6.12. The standard InChI is InChI=1S/C17H33N3O/c1-15(2)12-17(13-18,16(3,4)21-15)20-10-6-9-19-8-5-7-14(19)11-20/h14H,5-13,18H2,1-4H3. The summed E-state index contributed by atoms with van der Waals surface area (Å²) >= 11 is 0. The van der Waals surface area contributed by atoms with Gasteiger partial charge in [-0.25, -0.2) is 0 Å². The Morgan fingerprint density at radius 3 is 2.43 bits per heavy atom. The van der Waals surface area contributed by atoms with E-state index in [4.69, 9.17) is 10.5 Å². The molecule has 3 aliphatic rings. The minimum Gasteiger partial charge on any atom is -0.368 e. The molecule has 0 aromatic carbocycles. The number of nitrogens with two attached hydrogens (primary N) is 1. The van der Waals surface area contributed by atoms with Gasteiger partial charge < -0.3 is 10.5 Å². The molecule has 21 heavy (non-hydrogen) atoms. The first-order valence-corrected chi connectivity index (χ1v) is 8.69. The van der Waals surface area contributed by atoms with Crippen LogP contribution in [-0.2, 0) is 4.74 Å². The van der Waals surface area contributed by atoms with Gasteiger partial charge in [0.15, 0.2) is 0 Å². The summed E-state index contributed by atoms with van der Waals surface area (Å²) in [6.45, 7) is 14.5. The highest BCUT2D eigenvalue weighted by atomic mass is 16.5. The zero-order valence-electron chi connectivity index (χ0n) is 14.3. The molecule has 3 heterocycles. The topological polar surface area (TPSA) is 41.7 Å². The summed E-state index contributed by atoms with van der Waals surface area (Å²) in [5.74, 6) is 0. The van der Waals surface area contributed by atoms with Gasteiger partial charge in [-0.1, -0.05) is 0 Å². The first kappa shape index (κ1) is 15.7. The first-order chi connectivity index (χ1) is 9.80. The van der Waals surface area contributed by atoms with Crippen LogP contribution in [0.1, 0.15) is 53.4 Å². The van der Waals surface area contributed by atoms with E-state index < -0.39 is 0 Å². The first-order valence-electron chi connectivity index (χ1n) is 8.69. The van der Waals surface area contributed by atoms with E-state index in [1.54, 1.807) is 0 Å². The van der Waals surface area contributed by atoms with Crippen molar-refractivity contribution < 1.29 is 4.74 Å². The molecule has 2 unspecified atom stereocenters. The van der Waals surface area contributed by atoms with Crippen LogP contribution in [0.25, 0.3) is 0 Å². The van der Waals surface area contributed by atoms with Crippen molar-refractivity contribution in [2.24, 2.45) is 5.73 Å². The Hall–Kier alpha value is -0.160. The molecule has 2 atom stereocenters. The molecule has 3 saturated heterocycles. The molecule has 0 bridgehead atoms. The predicted octanol–water partition coefficient (Wildman–Crippen LogP) is 1.83. The summed E-state index contributed by atoms with van der Waals surface area (Å²) in [5, 5.41) is 0. The van der Waals surface area contributed by atoms with E-state index in [9.17, 15) is 0 Å². The fraction of sp³-hybridized carbons (Fsp3) is 1.00. The fourth-order valence-electron chi connectivity index (χ4n) is 5.27. The smallest absolute Gasteiger partial charge is 0.0830 e. The normalized spacial score (nSPS) is 40.1. The van der Waals surface area contributed by atoms with E-state index in [1.807, 2.05) is 0 Å². The Morgan fingerprint density at radius 2 is 1.81 bits per heavy atom. The Balaban J connectivity index is 1.88. The fourth-order valence-corrected chi connectivity index (χ4v) is 5.27. The van der Waals surface area contributed by atoms with Crippen molar-refractivity contribution in [3.05, 3.63) is 0 Å². The number of hydrogen-bond donors (Lipinski definition) is 1. The summed E-state index contributed by atoms with van der Waals surface area (Å²) in [7, 11) is 0. The second-order valence-corrected chi connectivity index (χ2v) is 8.42. The maximum atomic E-state index is 6.41. The molecule has 4 nitrogen and oxygen atoms in total. The summed E-state index contributed by atoms with van der Waals surface area (Å²) in [6.07, 6.45) is 5.01. The second kappa shape index (κ2) is 5.19. The molecular formula is C17H33N3O. The lowest BCUT2D eigenvalue weighted by molar-refractivity contribution is -0.104. The van der Waals surface area contributed by atoms with Crippen molar-refractivity contribution >= 4 is 0 Å². The summed E-state index contributed by atoms with van der Waals surface area (Å²) in [4.78, 5) is 5.38. The minimum atomic E-state index is -0.182. The lowest BCUT2D eigenvalue weighted by Gasteiger charge is -2.48. The number of ether oxygens (including phenoxy) is 1. The molecule has 0 saturated carbocycles. The van der Waals surface area contributed by atoms with Crippen molar-refractivity contribution in [3.63, 3.8) is 0 Å². The molecule has 0 aliphatic carbocycles. The van der Waals surface area contributed by atoms with Gasteiger partial charge in [0.05, 0.1) is 16.7 Å². The Kier molecular flexibility index (Phi) is 3.89. The quantitative estimate of drug-likeness (QED) is 0.844. The summed E-state index contributed by atoms with van der Waals surface area (Å²) in [6, 6.07) is 0.732. The van der Waals surface area contributed by atoms with Crippen molar-refractivity contribution in [2.45, 2.75) is 76.2 Å².